The number of imidazole rings is 1. The minimum absolute atomic E-state index is 0.0319. The molecule has 5 atom stereocenters. The molecule has 3 rings (SSSR count). The predicted molar refractivity (Wildman–Crippen MR) is 197 cm³/mol. The molecular weight excluding hydrogens is 650 g/mol. The van der Waals surface area contributed by atoms with E-state index < -0.39 is 47.7 Å². The Kier molecular flexibility index (Phi) is 16.7. The lowest BCUT2D eigenvalue weighted by molar-refractivity contribution is -0.131. The van der Waals surface area contributed by atoms with Gasteiger partial charge in [-0.1, -0.05) is 83.2 Å². The topological polar surface area (TPSA) is 187 Å². The number of amides is 5. The molecule has 1 aliphatic carbocycles. The van der Waals surface area contributed by atoms with Crippen molar-refractivity contribution >= 4 is 23.9 Å². The zero-order valence-electron chi connectivity index (χ0n) is 31.3. The van der Waals surface area contributed by atoms with E-state index in [0.717, 1.165) is 37.7 Å². The molecule has 5 amide bonds. The lowest BCUT2D eigenvalue weighted by Gasteiger charge is -2.34. The first-order chi connectivity index (χ1) is 24.2. The normalized spacial score (nSPS) is 16.6. The van der Waals surface area contributed by atoms with Crippen molar-refractivity contribution in [2.24, 2.45) is 11.8 Å². The van der Waals surface area contributed by atoms with Gasteiger partial charge in [0.25, 0.3) is 0 Å². The van der Waals surface area contributed by atoms with Crippen LogP contribution in [0.1, 0.15) is 104 Å². The molecule has 0 aliphatic heterocycles. The summed E-state index contributed by atoms with van der Waals surface area (Å²) in [5.41, 5.74) is 0.663. The number of carbonyl (C=O) groups excluding carboxylic acids is 4. The number of nitrogens with one attached hydrogen (secondary N) is 6. The van der Waals surface area contributed by atoms with Gasteiger partial charge in [-0.25, -0.2) is 14.6 Å². The summed E-state index contributed by atoms with van der Waals surface area (Å²) in [5.74, 6) is -0.672. The molecule has 2 aromatic rings. The summed E-state index contributed by atoms with van der Waals surface area (Å²) < 4.78 is 5.46. The fourth-order valence-electron chi connectivity index (χ4n) is 6.36. The van der Waals surface area contributed by atoms with Crippen molar-refractivity contribution in [2.45, 2.75) is 142 Å². The van der Waals surface area contributed by atoms with E-state index in [0.29, 0.717) is 24.6 Å². The summed E-state index contributed by atoms with van der Waals surface area (Å²) >= 11 is 0. The van der Waals surface area contributed by atoms with Gasteiger partial charge in [-0.3, -0.25) is 9.59 Å². The number of aliphatic hydroxyl groups excluding tert-OH is 1. The summed E-state index contributed by atoms with van der Waals surface area (Å²) in [7, 11) is 0. The zero-order chi connectivity index (χ0) is 37.4. The maximum atomic E-state index is 14.2. The molecule has 7 N–H and O–H groups in total. The molecule has 0 saturated heterocycles. The van der Waals surface area contributed by atoms with Crippen molar-refractivity contribution in [1.82, 2.24) is 36.6 Å². The van der Waals surface area contributed by atoms with Gasteiger partial charge >= 0.3 is 12.1 Å². The first kappa shape index (κ1) is 41.3. The number of alkyl carbamates (subject to hydrolysis) is 1. The van der Waals surface area contributed by atoms with Crippen LogP contribution in [0, 0.1) is 11.8 Å². The average Bonchev–Trinajstić information content (AvgIpc) is 3.59. The molecule has 0 radical (unpaired) electrons. The van der Waals surface area contributed by atoms with E-state index in [1.807, 2.05) is 51.1 Å². The molecule has 0 unspecified atom stereocenters. The monoisotopic (exact) mass is 711 g/mol. The molecule has 13 heteroatoms. The third-order valence-corrected chi connectivity index (χ3v) is 9.16. The van der Waals surface area contributed by atoms with Crippen molar-refractivity contribution in [1.29, 1.82) is 0 Å². The summed E-state index contributed by atoms with van der Waals surface area (Å²) in [4.78, 5) is 60.6. The highest BCUT2D eigenvalue weighted by molar-refractivity contribution is 5.91. The van der Waals surface area contributed by atoms with Crippen molar-refractivity contribution in [3.63, 3.8) is 0 Å². The Balaban J connectivity index is 1.85. The quantitative estimate of drug-likeness (QED) is 0.119. The molecule has 1 aromatic heterocycles. The summed E-state index contributed by atoms with van der Waals surface area (Å²) in [6.07, 6.45) is 8.65. The van der Waals surface area contributed by atoms with E-state index in [2.05, 4.69) is 36.6 Å². The lowest BCUT2D eigenvalue weighted by atomic mass is 9.82. The minimum atomic E-state index is -1.06. The zero-order valence-corrected chi connectivity index (χ0v) is 31.3. The number of rotatable bonds is 18. The third kappa shape index (κ3) is 15.3. The SMILES string of the molecule is CCCNC(=O)N[C@@H](C[C@H](O)[C@H](CC1CCCCC1)NC(=O)[C@H](Cc1cnc[nH]1)NC(=O)[C@H](Cc1ccccc1)NC(=O)OC(C)(C)C)C(C)C. The Morgan fingerprint density at radius 2 is 1.59 bits per heavy atom. The van der Waals surface area contributed by atoms with Gasteiger partial charge in [-0.05, 0) is 57.4 Å². The predicted octanol–water partition coefficient (Wildman–Crippen LogP) is 4.51. The maximum Gasteiger partial charge on any atom is 0.408 e. The van der Waals surface area contributed by atoms with Crippen LogP contribution in [0.4, 0.5) is 9.59 Å². The highest BCUT2D eigenvalue weighted by Crippen LogP contribution is 2.29. The second kappa shape index (κ2) is 20.7. The third-order valence-electron chi connectivity index (χ3n) is 9.16. The van der Waals surface area contributed by atoms with Crippen molar-refractivity contribution < 1.29 is 29.0 Å². The summed E-state index contributed by atoms with van der Waals surface area (Å²) in [6.45, 7) is 11.7. The Morgan fingerprint density at radius 1 is 0.922 bits per heavy atom. The Morgan fingerprint density at radius 3 is 2.20 bits per heavy atom. The summed E-state index contributed by atoms with van der Waals surface area (Å²) in [6, 6.07) is 5.93. The molecule has 0 spiro atoms. The molecule has 1 aromatic carbocycles. The number of ether oxygens (including phenoxy) is 1. The van der Waals surface area contributed by atoms with Crippen LogP contribution in [-0.2, 0) is 27.2 Å². The number of hydrogen-bond donors (Lipinski definition) is 7. The van der Waals surface area contributed by atoms with Crippen LogP contribution >= 0.6 is 0 Å². The van der Waals surface area contributed by atoms with E-state index in [4.69, 9.17) is 4.74 Å². The van der Waals surface area contributed by atoms with Crippen LogP contribution in [0.2, 0.25) is 0 Å². The fourth-order valence-corrected chi connectivity index (χ4v) is 6.36. The molecule has 0 bridgehead atoms. The highest BCUT2D eigenvalue weighted by Gasteiger charge is 2.34. The van der Waals surface area contributed by atoms with E-state index in [1.54, 1.807) is 27.0 Å². The number of carbonyl (C=O) groups is 4. The summed E-state index contributed by atoms with van der Waals surface area (Å²) in [5, 5.41) is 26.2. The van der Waals surface area contributed by atoms with Gasteiger partial charge in [0.1, 0.15) is 17.7 Å². The second-order valence-electron chi connectivity index (χ2n) is 15.1. The molecule has 1 saturated carbocycles. The molecule has 1 fully saturated rings. The molecule has 51 heavy (non-hydrogen) atoms. The fraction of sp³-hybridized carbons (Fsp3) is 0.658. The second-order valence-corrected chi connectivity index (χ2v) is 15.1. The number of H-pyrrole nitrogens is 1. The number of aliphatic hydroxyl groups is 1. The molecule has 1 aliphatic rings. The van der Waals surface area contributed by atoms with Crippen molar-refractivity contribution in [3.8, 4) is 0 Å². The Bertz CT molecular complexity index is 1340. The van der Waals surface area contributed by atoms with Crippen LogP contribution in [0.15, 0.2) is 42.9 Å². The Labute approximate surface area is 303 Å². The van der Waals surface area contributed by atoms with E-state index in [9.17, 15) is 24.3 Å². The molecular formula is C38H61N7O6. The number of hydrogen-bond acceptors (Lipinski definition) is 7. The number of nitrogens with zero attached hydrogens (tertiary/aromatic N) is 1. The number of benzene rings is 1. The van der Waals surface area contributed by atoms with E-state index in [1.165, 1.54) is 12.7 Å². The maximum absolute atomic E-state index is 14.2. The number of aromatic amines is 1. The largest absolute Gasteiger partial charge is 0.444 e. The van der Waals surface area contributed by atoms with Crippen LogP contribution in [0.25, 0.3) is 0 Å². The van der Waals surface area contributed by atoms with Crippen molar-refractivity contribution in [3.05, 3.63) is 54.1 Å². The number of urea groups is 1. The highest BCUT2D eigenvalue weighted by atomic mass is 16.6. The van der Waals surface area contributed by atoms with Gasteiger partial charge in [0.2, 0.25) is 11.8 Å². The molecule has 13 nitrogen and oxygen atoms in total. The first-order valence-electron chi connectivity index (χ1n) is 18.6. The molecule has 1 heterocycles. The lowest BCUT2D eigenvalue weighted by Crippen LogP contribution is -2.58. The van der Waals surface area contributed by atoms with Crippen LogP contribution in [0.5, 0.6) is 0 Å². The van der Waals surface area contributed by atoms with Gasteiger partial charge in [-0.15, -0.1) is 0 Å². The first-order valence-corrected chi connectivity index (χ1v) is 18.6. The Hall–Kier alpha value is -4.13. The van der Waals surface area contributed by atoms with Gasteiger partial charge in [0.05, 0.1) is 18.5 Å². The smallest absolute Gasteiger partial charge is 0.408 e. The van der Waals surface area contributed by atoms with Crippen LogP contribution in [0.3, 0.4) is 0 Å². The van der Waals surface area contributed by atoms with E-state index >= 15 is 0 Å². The minimum Gasteiger partial charge on any atom is -0.444 e. The van der Waals surface area contributed by atoms with Gasteiger partial charge in [0, 0.05) is 37.3 Å². The van der Waals surface area contributed by atoms with E-state index in [-0.39, 0.29) is 37.3 Å². The molecule has 284 valence electrons. The number of aromatic nitrogens is 2. The standard InChI is InChI=1S/C38H61N7O6/c1-7-18-40-36(49)44-29(25(2)3)22-33(46)30(19-26-14-10-8-11-15-26)42-35(48)32(21-28-23-39-24-41-28)43-34(47)31(20-27-16-12-9-13-17-27)45-37(50)51-38(4,5)6/h9,12-13,16-17,23-26,29-33,46H,7-8,10-11,14-15,18-22H2,1-6H3,(H,39,41)(H,42,48)(H,43,47)(H,45,50)(H2,40,44,49)/t29-,30-,31-,32-,33-/m0/s1. The van der Waals surface area contributed by atoms with Crippen LogP contribution < -0.4 is 26.6 Å². The van der Waals surface area contributed by atoms with Gasteiger partial charge in [0.15, 0.2) is 0 Å². The van der Waals surface area contributed by atoms with Crippen molar-refractivity contribution in [2.75, 3.05) is 6.54 Å². The van der Waals surface area contributed by atoms with Gasteiger partial charge < -0.3 is 41.4 Å². The average molecular weight is 712 g/mol. The van der Waals surface area contributed by atoms with Gasteiger partial charge in [-0.2, -0.15) is 0 Å². The van der Waals surface area contributed by atoms with Crippen LogP contribution in [-0.4, -0.2) is 81.4 Å².